The van der Waals surface area contributed by atoms with Crippen LogP contribution in [0.1, 0.15) is 58.9 Å². The second-order valence-electron chi connectivity index (χ2n) is 8.88. The number of ketones is 1. The minimum Gasteiger partial charge on any atom is -0.618 e. The first-order valence-electron chi connectivity index (χ1n) is 11.5. The summed E-state index contributed by atoms with van der Waals surface area (Å²) in [4.78, 5) is 25.7. The number of nitrogens with zero attached hydrogens (tertiary/aromatic N) is 1. The molecule has 184 valence electrons. The summed E-state index contributed by atoms with van der Waals surface area (Å²) in [5, 5.41) is 22.3. The largest absolute Gasteiger partial charge is 0.618 e. The van der Waals surface area contributed by atoms with Gasteiger partial charge in [-0.3, -0.25) is 9.59 Å². The summed E-state index contributed by atoms with van der Waals surface area (Å²) in [6.45, 7) is 7.42. The van der Waals surface area contributed by atoms with Crippen LogP contribution in [0.4, 0.5) is 0 Å². The number of aromatic hydroxyl groups is 1. The first-order valence-corrected chi connectivity index (χ1v) is 11.5. The molecule has 2 aromatic carbocycles. The van der Waals surface area contributed by atoms with E-state index in [4.69, 9.17) is 9.47 Å². The Hall–Kier alpha value is -3.87. The van der Waals surface area contributed by atoms with Crippen LogP contribution in [0.2, 0.25) is 0 Å². The van der Waals surface area contributed by atoms with Crippen molar-refractivity contribution in [2.75, 3.05) is 7.11 Å². The van der Waals surface area contributed by atoms with Crippen molar-refractivity contribution in [1.82, 2.24) is 0 Å². The van der Waals surface area contributed by atoms with Crippen LogP contribution in [0.3, 0.4) is 0 Å². The molecule has 35 heavy (non-hydrogen) atoms. The molecule has 2 atom stereocenters. The van der Waals surface area contributed by atoms with Crippen LogP contribution in [-0.4, -0.2) is 30.1 Å². The number of Topliss-reactive ketones (excluding diaryl/α,β-unsaturated/α-hetero) is 1. The lowest BCUT2D eigenvalue weighted by atomic mass is 9.86. The normalized spacial score (nSPS) is 12.7. The van der Waals surface area contributed by atoms with Gasteiger partial charge in [-0.15, -0.1) is 0 Å². The summed E-state index contributed by atoms with van der Waals surface area (Å²) in [6, 6.07) is 17.4. The predicted molar refractivity (Wildman–Crippen MR) is 131 cm³/mol. The second-order valence-corrected chi connectivity index (χ2v) is 8.88. The van der Waals surface area contributed by atoms with Crippen LogP contribution in [0, 0.1) is 25.0 Å². The molecule has 7 heteroatoms. The standard InChI is InChI=1S/C28H31NO6/c1-17-8-6-10-21(14-17)25(22-11-7-9-18(2)15-22)20(4)35-28(32)19(3)16-23(30)26-27(31)24(34-5)12-13-29(26)33/h6-15,19-20,25,31H,16H2,1-5H3/t19-,20+/m1/s1. The van der Waals surface area contributed by atoms with Gasteiger partial charge in [0.05, 0.1) is 13.0 Å². The van der Waals surface area contributed by atoms with Crippen molar-refractivity contribution in [2.24, 2.45) is 5.92 Å². The van der Waals surface area contributed by atoms with Crippen molar-refractivity contribution in [3.8, 4) is 11.5 Å². The molecule has 7 nitrogen and oxygen atoms in total. The molecule has 0 spiro atoms. The zero-order valence-electron chi connectivity index (χ0n) is 20.6. The molecule has 0 saturated carbocycles. The van der Waals surface area contributed by atoms with Gasteiger partial charge in [0.25, 0.3) is 0 Å². The summed E-state index contributed by atoms with van der Waals surface area (Å²) in [6.07, 6.45) is 0.262. The van der Waals surface area contributed by atoms with Gasteiger partial charge in [0.1, 0.15) is 6.10 Å². The molecule has 0 saturated heterocycles. The van der Waals surface area contributed by atoms with Gasteiger partial charge in [-0.2, -0.15) is 4.73 Å². The molecule has 1 N–H and O–H groups in total. The number of benzene rings is 2. The molecule has 0 aliphatic carbocycles. The Morgan fingerprint density at radius 3 is 2.09 bits per heavy atom. The van der Waals surface area contributed by atoms with E-state index < -0.39 is 35.2 Å². The van der Waals surface area contributed by atoms with Gasteiger partial charge in [-0.1, -0.05) is 66.6 Å². The number of aromatic nitrogens is 1. The Morgan fingerprint density at radius 2 is 1.57 bits per heavy atom. The third-order valence-corrected chi connectivity index (χ3v) is 5.99. The van der Waals surface area contributed by atoms with Gasteiger partial charge in [-0.05, 0) is 31.9 Å². The first kappa shape index (κ1) is 25.7. The highest BCUT2D eigenvalue weighted by atomic mass is 16.5. The number of ether oxygens (including phenoxy) is 2. The van der Waals surface area contributed by atoms with Gasteiger partial charge in [0.15, 0.2) is 11.9 Å². The lowest BCUT2D eigenvalue weighted by molar-refractivity contribution is -0.608. The molecular weight excluding hydrogens is 446 g/mol. The van der Waals surface area contributed by atoms with Crippen molar-refractivity contribution in [3.63, 3.8) is 0 Å². The topological polar surface area (TPSA) is 99.8 Å². The number of hydrogen-bond donors (Lipinski definition) is 1. The van der Waals surface area contributed by atoms with E-state index in [0.29, 0.717) is 0 Å². The highest BCUT2D eigenvalue weighted by molar-refractivity contribution is 5.98. The van der Waals surface area contributed by atoms with Gasteiger partial charge in [0, 0.05) is 18.4 Å². The van der Waals surface area contributed by atoms with Crippen molar-refractivity contribution < 1.29 is 28.9 Å². The molecule has 1 heterocycles. The molecule has 0 amide bonds. The maximum Gasteiger partial charge on any atom is 0.309 e. The molecule has 0 fully saturated rings. The number of aryl methyl sites for hydroxylation is 2. The maximum absolute atomic E-state index is 13.0. The van der Waals surface area contributed by atoms with Crippen LogP contribution >= 0.6 is 0 Å². The number of rotatable bonds is 9. The molecule has 0 aliphatic rings. The average Bonchev–Trinajstić information content (AvgIpc) is 2.79. The van der Waals surface area contributed by atoms with Gasteiger partial charge < -0.3 is 19.8 Å². The Bertz CT molecular complexity index is 1180. The average molecular weight is 478 g/mol. The number of methoxy groups -OCH3 is 1. The van der Waals surface area contributed by atoms with Crippen molar-refractivity contribution in [1.29, 1.82) is 0 Å². The van der Waals surface area contributed by atoms with E-state index in [1.807, 2.05) is 57.2 Å². The molecule has 0 aliphatic heterocycles. The lowest BCUT2D eigenvalue weighted by Gasteiger charge is -2.27. The molecule has 0 bridgehead atoms. The van der Waals surface area contributed by atoms with E-state index in [1.54, 1.807) is 6.92 Å². The van der Waals surface area contributed by atoms with Crippen LogP contribution in [0.25, 0.3) is 0 Å². The Balaban J connectivity index is 1.80. The molecule has 1 aromatic heterocycles. The number of pyridine rings is 1. The van der Waals surface area contributed by atoms with Gasteiger partial charge in [0.2, 0.25) is 11.5 Å². The quantitative estimate of drug-likeness (QED) is 0.209. The Morgan fingerprint density at radius 1 is 1.00 bits per heavy atom. The molecule has 0 radical (unpaired) electrons. The number of carbonyl (C=O) groups excluding carboxylic acids is 2. The molecule has 0 unspecified atom stereocenters. The fourth-order valence-corrected chi connectivity index (χ4v) is 4.22. The second kappa shape index (κ2) is 11.0. The SMILES string of the molecule is COc1cc[n+]([O-])c(C(=O)C[C@@H](C)C(=O)O[C@@H](C)C(c2cccc(C)c2)c2cccc(C)c2)c1O. The third-order valence-electron chi connectivity index (χ3n) is 5.99. The van der Waals surface area contributed by atoms with E-state index in [2.05, 4.69) is 12.1 Å². The highest BCUT2D eigenvalue weighted by Crippen LogP contribution is 2.32. The van der Waals surface area contributed by atoms with Crippen LogP contribution in [-0.2, 0) is 9.53 Å². The number of esters is 1. The summed E-state index contributed by atoms with van der Waals surface area (Å²) in [5.74, 6) is -2.82. The smallest absolute Gasteiger partial charge is 0.309 e. The molecule has 3 aromatic rings. The summed E-state index contributed by atoms with van der Waals surface area (Å²) < 4.78 is 11.1. The fourth-order valence-electron chi connectivity index (χ4n) is 4.22. The molecule has 3 rings (SSSR count). The van der Waals surface area contributed by atoms with Crippen molar-refractivity contribution in [2.45, 2.75) is 46.1 Å². The van der Waals surface area contributed by atoms with Crippen LogP contribution in [0.15, 0.2) is 60.8 Å². The summed E-state index contributed by atoms with van der Waals surface area (Å²) in [7, 11) is 1.32. The summed E-state index contributed by atoms with van der Waals surface area (Å²) in [5.41, 5.74) is 3.78. The third kappa shape index (κ3) is 5.98. The van der Waals surface area contributed by atoms with Crippen molar-refractivity contribution >= 4 is 11.8 Å². The van der Waals surface area contributed by atoms with E-state index >= 15 is 0 Å². The summed E-state index contributed by atoms with van der Waals surface area (Å²) >= 11 is 0. The minimum absolute atomic E-state index is 0.00320. The van der Waals surface area contributed by atoms with Gasteiger partial charge >= 0.3 is 11.7 Å². The zero-order valence-corrected chi connectivity index (χ0v) is 20.6. The van der Waals surface area contributed by atoms with Crippen LogP contribution < -0.4 is 9.47 Å². The first-order chi connectivity index (χ1) is 16.6. The lowest BCUT2D eigenvalue weighted by Crippen LogP contribution is -2.35. The number of carbonyl (C=O) groups is 2. The van der Waals surface area contributed by atoms with E-state index in [-0.39, 0.29) is 22.8 Å². The fraction of sp³-hybridized carbons (Fsp3) is 0.321. The Kier molecular flexibility index (Phi) is 8.12. The van der Waals surface area contributed by atoms with Crippen molar-refractivity contribution in [3.05, 3.63) is 93.9 Å². The maximum atomic E-state index is 13.0. The number of hydrogen-bond acceptors (Lipinski definition) is 6. The highest BCUT2D eigenvalue weighted by Gasteiger charge is 2.31. The van der Waals surface area contributed by atoms with E-state index in [9.17, 15) is 19.9 Å². The van der Waals surface area contributed by atoms with E-state index in [1.165, 1.54) is 13.2 Å². The molecular formula is C28H31NO6. The van der Waals surface area contributed by atoms with Crippen LogP contribution in [0.5, 0.6) is 11.5 Å². The Labute approximate surface area is 205 Å². The van der Waals surface area contributed by atoms with E-state index in [0.717, 1.165) is 28.5 Å². The monoisotopic (exact) mass is 477 g/mol. The predicted octanol–water partition coefficient (Wildman–Crippen LogP) is 4.62. The zero-order chi connectivity index (χ0) is 25.7. The minimum atomic E-state index is -0.828. The van der Waals surface area contributed by atoms with Gasteiger partial charge in [-0.25, -0.2) is 0 Å².